The lowest BCUT2D eigenvalue weighted by atomic mass is 9.95. The third-order valence-corrected chi connectivity index (χ3v) is 8.92. The molecule has 0 spiro atoms. The monoisotopic (exact) mass is 626 g/mol. The topological polar surface area (TPSA) is 106 Å². The second kappa shape index (κ2) is 11.7. The molecular weight excluding hydrogens is 597 g/mol. The maximum Gasteiger partial charge on any atom is 0.319 e. The van der Waals surface area contributed by atoms with Crippen LogP contribution in [-0.4, -0.2) is 62.3 Å². The molecule has 5 aromatic rings. The van der Waals surface area contributed by atoms with Crippen LogP contribution in [0.3, 0.4) is 0 Å². The minimum Gasteiger partial charge on any atom is -0.508 e. The SMILES string of the molecule is C#Cc1c(F)ccc2cc(O)cc(-c3nc(OC)c4c(NCc5ncccc5F)nc(OCC56CCCN5CCC6)nc4c3F)c12. The van der Waals surface area contributed by atoms with Crippen LogP contribution in [0.15, 0.2) is 42.6 Å². The number of rotatable bonds is 8. The normalized spacial score (nSPS) is 15.6. The molecule has 2 aliphatic heterocycles. The average molecular weight is 627 g/mol. The van der Waals surface area contributed by atoms with E-state index in [9.17, 15) is 13.9 Å². The number of benzene rings is 2. The highest BCUT2D eigenvalue weighted by Gasteiger charge is 2.45. The number of methoxy groups -OCH3 is 1. The molecule has 46 heavy (non-hydrogen) atoms. The van der Waals surface area contributed by atoms with Crippen molar-refractivity contribution in [2.45, 2.75) is 37.8 Å². The number of fused-ring (bicyclic) bond motifs is 3. The first-order valence-electron chi connectivity index (χ1n) is 14.9. The standard InChI is InChI=1S/C34H29F3N6O3/c1-3-21-23(35)9-8-19-15-20(44)16-22(26(19)21)29-28(37)30-27(32(40-29)45-2)31(39-17-25-24(36)7-4-12-38-25)42-33(41-30)46-18-34-10-5-13-43(34)14-6-11-34/h1,4,7-9,12,15-16,44H,5-6,10-11,13-14,17-18H2,2H3,(H,39,41,42). The van der Waals surface area contributed by atoms with E-state index in [0.29, 0.717) is 12.0 Å². The summed E-state index contributed by atoms with van der Waals surface area (Å²) in [6.45, 7) is 2.20. The molecule has 234 valence electrons. The van der Waals surface area contributed by atoms with E-state index in [1.807, 2.05) is 0 Å². The quantitative estimate of drug-likeness (QED) is 0.202. The van der Waals surface area contributed by atoms with Crippen LogP contribution in [0.25, 0.3) is 32.9 Å². The van der Waals surface area contributed by atoms with Crippen molar-refractivity contribution in [1.82, 2.24) is 24.8 Å². The lowest BCUT2D eigenvalue weighted by Crippen LogP contribution is -2.43. The second-order valence-electron chi connectivity index (χ2n) is 11.5. The Labute approximate surface area is 262 Å². The molecule has 5 heterocycles. The van der Waals surface area contributed by atoms with Gasteiger partial charge in [-0.1, -0.05) is 12.0 Å². The zero-order valence-corrected chi connectivity index (χ0v) is 24.9. The maximum absolute atomic E-state index is 16.8. The van der Waals surface area contributed by atoms with Crippen molar-refractivity contribution >= 4 is 27.5 Å². The number of nitrogens with one attached hydrogen (secondary N) is 1. The minimum atomic E-state index is -0.907. The molecule has 3 aromatic heterocycles. The van der Waals surface area contributed by atoms with Crippen LogP contribution in [0.2, 0.25) is 0 Å². The van der Waals surface area contributed by atoms with Crippen molar-refractivity contribution in [1.29, 1.82) is 0 Å². The Morgan fingerprint density at radius 1 is 1.04 bits per heavy atom. The van der Waals surface area contributed by atoms with Gasteiger partial charge in [0.1, 0.15) is 46.4 Å². The van der Waals surface area contributed by atoms with Gasteiger partial charge in [0.05, 0.1) is 30.5 Å². The first-order chi connectivity index (χ1) is 22.3. The Bertz CT molecular complexity index is 2040. The average Bonchev–Trinajstić information content (AvgIpc) is 3.64. The summed E-state index contributed by atoms with van der Waals surface area (Å²) in [6.07, 6.45) is 11.2. The predicted octanol–water partition coefficient (Wildman–Crippen LogP) is 5.97. The van der Waals surface area contributed by atoms with Crippen LogP contribution in [0, 0.1) is 29.8 Å². The summed E-state index contributed by atoms with van der Waals surface area (Å²) in [7, 11) is 1.34. The number of nitrogens with zero attached hydrogens (tertiary/aromatic N) is 5. The molecule has 2 N–H and O–H groups in total. The summed E-state index contributed by atoms with van der Waals surface area (Å²) in [5.41, 5.74) is -0.594. The highest BCUT2D eigenvalue weighted by molar-refractivity contribution is 6.04. The van der Waals surface area contributed by atoms with Crippen LogP contribution in [0.5, 0.6) is 17.6 Å². The van der Waals surface area contributed by atoms with Gasteiger partial charge in [-0.25, -0.2) is 18.2 Å². The fourth-order valence-electron chi connectivity index (χ4n) is 6.77. The van der Waals surface area contributed by atoms with E-state index >= 15 is 4.39 Å². The Hall–Kier alpha value is -5.15. The number of anilines is 1. The van der Waals surface area contributed by atoms with E-state index in [2.05, 4.69) is 36.1 Å². The van der Waals surface area contributed by atoms with Gasteiger partial charge in [0.15, 0.2) is 5.82 Å². The van der Waals surface area contributed by atoms with E-state index < -0.39 is 17.5 Å². The molecule has 0 unspecified atom stereocenters. The summed E-state index contributed by atoms with van der Waals surface area (Å²) in [4.78, 5) is 20.0. The van der Waals surface area contributed by atoms with Gasteiger partial charge in [0.25, 0.3) is 0 Å². The third kappa shape index (κ3) is 4.97. The highest BCUT2D eigenvalue weighted by Crippen LogP contribution is 2.42. The number of hydrogen-bond donors (Lipinski definition) is 2. The number of aromatic nitrogens is 4. The molecule has 2 aromatic carbocycles. The van der Waals surface area contributed by atoms with Gasteiger partial charge in [-0.3, -0.25) is 9.88 Å². The number of phenolic OH excluding ortho intramolecular Hbond substituents is 1. The number of hydrogen-bond acceptors (Lipinski definition) is 9. The zero-order chi connectivity index (χ0) is 32.0. The van der Waals surface area contributed by atoms with Crippen LogP contribution >= 0.6 is 0 Å². The lowest BCUT2D eigenvalue weighted by Gasteiger charge is -2.31. The molecule has 2 fully saturated rings. The van der Waals surface area contributed by atoms with Gasteiger partial charge in [-0.05, 0) is 74.5 Å². The Morgan fingerprint density at radius 2 is 1.85 bits per heavy atom. The van der Waals surface area contributed by atoms with E-state index in [1.165, 1.54) is 49.7 Å². The van der Waals surface area contributed by atoms with Crippen molar-refractivity contribution in [3.63, 3.8) is 0 Å². The molecule has 2 aliphatic rings. The lowest BCUT2D eigenvalue weighted by molar-refractivity contribution is 0.108. The summed E-state index contributed by atoms with van der Waals surface area (Å²) in [6, 6.07) is 7.94. The van der Waals surface area contributed by atoms with Crippen LogP contribution < -0.4 is 14.8 Å². The molecule has 0 atom stereocenters. The molecule has 0 saturated carbocycles. The number of ether oxygens (including phenoxy) is 2. The number of halogens is 3. The Balaban J connectivity index is 1.41. The van der Waals surface area contributed by atoms with Crippen molar-refractivity contribution in [2.75, 3.05) is 32.1 Å². The van der Waals surface area contributed by atoms with Crippen molar-refractivity contribution < 1.29 is 27.8 Å². The second-order valence-corrected chi connectivity index (χ2v) is 11.5. The molecule has 0 amide bonds. The molecular formula is C34H29F3N6O3. The largest absolute Gasteiger partial charge is 0.508 e. The van der Waals surface area contributed by atoms with Crippen molar-refractivity contribution in [3.8, 4) is 41.2 Å². The molecule has 2 saturated heterocycles. The van der Waals surface area contributed by atoms with Crippen LogP contribution in [-0.2, 0) is 6.54 Å². The smallest absolute Gasteiger partial charge is 0.319 e. The molecule has 0 radical (unpaired) electrons. The fraction of sp³-hybridized carbons (Fsp3) is 0.294. The molecule has 9 nitrogen and oxygen atoms in total. The number of aromatic hydroxyl groups is 1. The summed E-state index contributed by atoms with van der Waals surface area (Å²) < 4.78 is 58.0. The minimum absolute atomic E-state index is 0.0396. The maximum atomic E-state index is 16.8. The molecule has 0 aliphatic carbocycles. The molecule has 7 rings (SSSR count). The zero-order valence-electron chi connectivity index (χ0n) is 24.9. The van der Waals surface area contributed by atoms with E-state index in [-0.39, 0.29) is 74.3 Å². The van der Waals surface area contributed by atoms with Crippen molar-refractivity contribution in [2.24, 2.45) is 0 Å². The third-order valence-electron chi connectivity index (χ3n) is 8.92. The predicted molar refractivity (Wildman–Crippen MR) is 166 cm³/mol. The van der Waals surface area contributed by atoms with Gasteiger partial charge < -0.3 is 19.9 Å². The molecule has 12 heteroatoms. The molecule has 0 bridgehead atoms. The van der Waals surface area contributed by atoms with E-state index in [1.54, 1.807) is 0 Å². The Kier molecular flexibility index (Phi) is 7.49. The van der Waals surface area contributed by atoms with Gasteiger partial charge >= 0.3 is 6.01 Å². The summed E-state index contributed by atoms with van der Waals surface area (Å²) in [5.74, 6) is 0.0148. The Morgan fingerprint density at radius 3 is 2.59 bits per heavy atom. The fourth-order valence-corrected chi connectivity index (χ4v) is 6.77. The highest BCUT2D eigenvalue weighted by atomic mass is 19.1. The van der Waals surface area contributed by atoms with Gasteiger partial charge in [-0.2, -0.15) is 9.97 Å². The number of terminal acetylenes is 1. The van der Waals surface area contributed by atoms with E-state index in [4.69, 9.17) is 15.9 Å². The van der Waals surface area contributed by atoms with Gasteiger partial charge in [-0.15, -0.1) is 6.42 Å². The summed E-state index contributed by atoms with van der Waals surface area (Å²) in [5, 5.41) is 14.2. The number of pyridine rings is 2. The van der Waals surface area contributed by atoms with E-state index in [0.717, 1.165) is 38.8 Å². The summed E-state index contributed by atoms with van der Waals surface area (Å²) >= 11 is 0. The van der Waals surface area contributed by atoms with Crippen LogP contribution in [0.4, 0.5) is 19.0 Å². The van der Waals surface area contributed by atoms with Crippen LogP contribution in [0.1, 0.15) is 36.9 Å². The van der Waals surface area contributed by atoms with Gasteiger partial charge in [0, 0.05) is 17.1 Å². The van der Waals surface area contributed by atoms with Crippen molar-refractivity contribution in [3.05, 3.63) is 71.3 Å². The first-order valence-corrected chi connectivity index (χ1v) is 14.9. The number of phenols is 1. The van der Waals surface area contributed by atoms with Gasteiger partial charge in [0.2, 0.25) is 5.88 Å². The first kappa shape index (κ1) is 29.6.